The monoisotopic (exact) mass is 485 g/mol. The van der Waals surface area contributed by atoms with E-state index in [1.807, 2.05) is 38.1 Å². The Hall–Kier alpha value is -2.70. The number of hydrogen-bond acceptors (Lipinski definition) is 6. The highest BCUT2D eigenvalue weighted by Crippen LogP contribution is 2.30. The molecule has 182 valence electrons. The van der Waals surface area contributed by atoms with Crippen LogP contribution in [0.1, 0.15) is 37.8 Å². The number of hydrogen-bond donors (Lipinski definition) is 3. The molecule has 0 spiro atoms. The molecule has 0 bridgehead atoms. The van der Waals surface area contributed by atoms with Gasteiger partial charge < -0.3 is 19.8 Å². The molecule has 0 saturated heterocycles. The third-order valence-corrected chi connectivity index (χ3v) is 5.56. The fraction of sp³-hybridized carbons (Fsp3) is 0.385. The zero-order valence-corrected chi connectivity index (χ0v) is 20.7. The van der Waals surface area contributed by atoms with Gasteiger partial charge in [-0.25, -0.2) is 0 Å². The normalized spacial score (nSPS) is 11.6. The molecule has 2 aromatic carbocycles. The van der Waals surface area contributed by atoms with Crippen molar-refractivity contribution in [3.05, 3.63) is 72.0 Å². The Morgan fingerprint density at radius 2 is 1.82 bits per heavy atom. The molecule has 1 unspecified atom stereocenters. The van der Waals surface area contributed by atoms with Gasteiger partial charge in [-0.3, -0.25) is 0 Å². The second-order valence-corrected chi connectivity index (χ2v) is 9.03. The summed E-state index contributed by atoms with van der Waals surface area (Å²) in [5, 5.41) is 6.89. The predicted molar refractivity (Wildman–Crippen MR) is 135 cm³/mol. The quantitative estimate of drug-likeness (QED) is 0.182. The first kappa shape index (κ1) is 25.9. The SMILES string of the molecule is CC(C)Oc1ccc(CCCNc2ccc(CNCCCO[P+](=O)O)cc2-c2ccco2)cc1. The number of aryl methyl sites for hydroxylation is 1. The minimum absolute atomic E-state index is 0.181. The van der Waals surface area contributed by atoms with Crippen LogP contribution in [-0.2, 0) is 22.1 Å². The van der Waals surface area contributed by atoms with Crippen molar-refractivity contribution in [2.24, 2.45) is 0 Å². The van der Waals surface area contributed by atoms with Crippen molar-refractivity contribution in [2.75, 3.05) is 25.0 Å². The summed E-state index contributed by atoms with van der Waals surface area (Å²) in [7, 11) is -2.52. The number of furan rings is 1. The number of rotatable bonds is 15. The van der Waals surface area contributed by atoms with Crippen molar-refractivity contribution < 1.29 is 23.1 Å². The van der Waals surface area contributed by atoms with Crippen molar-refractivity contribution in [3.63, 3.8) is 0 Å². The maximum Gasteiger partial charge on any atom is 0.694 e. The molecule has 1 heterocycles. The summed E-state index contributed by atoms with van der Waals surface area (Å²) in [6.07, 6.45) is 4.52. The van der Waals surface area contributed by atoms with E-state index in [9.17, 15) is 4.57 Å². The van der Waals surface area contributed by atoms with Crippen molar-refractivity contribution in [1.82, 2.24) is 5.32 Å². The summed E-state index contributed by atoms with van der Waals surface area (Å²) < 4.78 is 26.6. The zero-order chi connectivity index (χ0) is 24.2. The number of anilines is 1. The van der Waals surface area contributed by atoms with Gasteiger partial charge >= 0.3 is 8.25 Å². The minimum atomic E-state index is -2.52. The summed E-state index contributed by atoms with van der Waals surface area (Å²) in [6.45, 7) is 6.56. The average molecular weight is 486 g/mol. The van der Waals surface area contributed by atoms with Crippen LogP contribution in [-0.4, -0.2) is 30.7 Å². The highest BCUT2D eigenvalue weighted by atomic mass is 31.1. The van der Waals surface area contributed by atoms with Gasteiger partial charge in [0.05, 0.1) is 12.4 Å². The Bertz CT molecular complexity index is 1010. The molecule has 3 N–H and O–H groups in total. The Labute approximate surface area is 202 Å². The standard InChI is InChI=1S/C26H33N2O5P/c1-20(2)33-23-11-8-21(9-12-23)6-3-15-28-25-13-10-22(18-24(25)26-7-4-16-31-26)19-27-14-5-17-32-34(29)30/h4,7-13,16,18,20,27-28H,3,5-6,14-15,17,19H2,1-2H3/p+1. The molecule has 34 heavy (non-hydrogen) atoms. The van der Waals surface area contributed by atoms with Gasteiger partial charge in [0.25, 0.3) is 0 Å². The smallest absolute Gasteiger partial charge is 0.491 e. The molecular formula is C26H34N2O5P+. The summed E-state index contributed by atoms with van der Waals surface area (Å²) in [6, 6.07) is 18.5. The van der Waals surface area contributed by atoms with Gasteiger partial charge in [0.2, 0.25) is 0 Å². The van der Waals surface area contributed by atoms with Crippen molar-refractivity contribution in [2.45, 2.75) is 45.8 Å². The second-order valence-electron chi connectivity index (χ2n) is 8.30. The van der Waals surface area contributed by atoms with Crippen LogP contribution < -0.4 is 15.4 Å². The summed E-state index contributed by atoms with van der Waals surface area (Å²) in [5.74, 6) is 1.73. The highest BCUT2D eigenvalue weighted by Gasteiger charge is 2.11. The Morgan fingerprint density at radius 1 is 1.03 bits per heavy atom. The average Bonchev–Trinajstić information content (AvgIpc) is 3.35. The lowest BCUT2D eigenvalue weighted by Crippen LogP contribution is -2.16. The van der Waals surface area contributed by atoms with E-state index in [2.05, 4.69) is 45.5 Å². The van der Waals surface area contributed by atoms with Crippen molar-refractivity contribution in [3.8, 4) is 17.1 Å². The van der Waals surface area contributed by atoms with E-state index in [4.69, 9.17) is 14.0 Å². The molecule has 0 aliphatic carbocycles. The van der Waals surface area contributed by atoms with Crippen LogP contribution in [0.25, 0.3) is 11.3 Å². The fourth-order valence-corrected chi connectivity index (χ4v) is 3.87. The number of ether oxygens (including phenoxy) is 1. The largest absolute Gasteiger partial charge is 0.694 e. The van der Waals surface area contributed by atoms with Gasteiger partial charge in [0, 0.05) is 28.9 Å². The molecule has 3 rings (SSSR count). The summed E-state index contributed by atoms with van der Waals surface area (Å²) in [5.41, 5.74) is 4.50. The van der Waals surface area contributed by atoms with Gasteiger partial charge in [0.15, 0.2) is 0 Å². The Balaban J connectivity index is 1.50. The highest BCUT2D eigenvalue weighted by molar-refractivity contribution is 7.32. The summed E-state index contributed by atoms with van der Waals surface area (Å²) in [4.78, 5) is 8.65. The van der Waals surface area contributed by atoms with Crippen LogP contribution in [0.3, 0.4) is 0 Å². The van der Waals surface area contributed by atoms with E-state index in [0.717, 1.165) is 47.7 Å². The van der Waals surface area contributed by atoms with Crippen LogP contribution in [0.2, 0.25) is 0 Å². The molecule has 1 atom stereocenters. The topological polar surface area (TPSA) is 93.0 Å². The van der Waals surface area contributed by atoms with Gasteiger partial charge in [0.1, 0.15) is 18.1 Å². The fourth-order valence-electron chi connectivity index (χ4n) is 3.59. The van der Waals surface area contributed by atoms with Crippen molar-refractivity contribution in [1.29, 1.82) is 0 Å². The molecule has 0 aliphatic heterocycles. The number of benzene rings is 2. The van der Waals surface area contributed by atoms with Gasteiger partial charge in [-0.1, -0.05) is 18.2 Å². The van der Waals surface area contributed by atoms with E-state index in [1.54, 1.807) is 6.26 Å². The van der Waals surface area contributed by atoms with E-state index in [1.165, 1.54) is 5.56 Å². The van der Waals surface area contributed by atoms with E-state index >= 15 is 0 Å². The molecule has 0 aliphatic rings. The molecule has 3 aromatic rings. The summed E-state index contributed by atoms with van der Waals surface area (Å²) >= 11 is 0. The molecule has 0 saturated carbocycles. The first-order valence-corrected chi connectivity index (χ1v) is 12.8. The first-order chi connectivity index (χ1) is 16.5. The molecule has 0 amide bonds. The lowest BCUT2D eigenvalue weighted by molar-refractivity contribution is 0.242. The maximum atomic E-state index is 10.5. The molecule has 7 nitrogen and oxygen atoms in total. The first-order valence-electron chi connectivity index (χ1n) is 11.7. The van der Waals surface area contributed by atoms with Crippen LogP contribution in [0.4, 0.5) is 5.69 Å². The van der Waals surface area contributed by atoms with E-state index in [0.29, 0.717) is 19.5 Å². The predicted octanol–water partition coefficient (Wildman–Crippen LogP) is 5.92. The van der Waals surface area contributed by atoms with Crippen LogP contribution in [0, 0.1) is 0 Å². The van der Waals surface area contributed by atoms with E-state index < -0.39 is 8.25 Å². The molecule has 1 aromatic heterocycles. The van der Waals surface area contributed by atoms with Gasteiger partial charge in [-0.2, -0.15) is 0 Å². The van der Waals surface area contributed by atoms with Crippen LogP contribution in [0.5, 0.6) is 5.75 Å². The lowest BCUT2D eigenvalue weighted by Gasteiger charge is -2.13. The second kappa shape index (κ2) is 13.9. The van der Waals surface area contributed by atoms with Gasteiger partial charge in [-0.15, -0.1) is 9.42 Å². The minimum Gasteiger partial charge on any atom is -0.491 e. The van der Waals surface area contributed by atoms with Crippen LogP contribution in [0.15, 0.2) is 65.3 Å². The molecule has 0 fully saturated rings. The molecule has 8 heteroatoms. The molecular weight excluding hydrogens is 451 g/mol. The molecule has 0 radical (unpaired) electrons. The van der Waals surface area contributed by atoms with Crippen molar-refractivity contribution >= 4 is 13.9 Å². The Morgan fingerprint density at radius 3 is 2.53 bits per heavy atom. The van der Waals surface area contributed by atoms with Gasteiger partial charge in [-0.05, 0) is 87.2 Å². The third kappa shape index (κ3) is 8.92. The zero-order valence-electron chi connectivity index (χ0n) is 19.8. The number of nitrogens with one attached hydrogen (secondary N) is 2. The third-order valence-electron chi connectivity index (χ3n) is 5.15. The lowest BCUT2D eigenvalue weighted by atomic mass is 10.1. The van der Waals surface area contributed by atoms with Crippen LogP contribution >= 0.6 is 8.25 Å². The Kier molecular flexibility index (Phi) is 10.6. The van der Waals surface area contributed by atoms with E-state index in [-0.39, 0.29) is 12.7 Å². The maximum absolute atomic E-state index is 10.5.